The summed E-state index contributed by atoms with van der Waals surface area (Å²) in [6.07, 6.45) is 3.40. The molecule has 4 nitrogen and oxygen atoms in total. The van der Waals surface area contributed by atoms with Gasteiger partial charge in [-0.1, -0.05) is 25.0 Å². The van der Waals surface area contributed by atoms with Crippen molar-refractivity contribution in [1.82, 2.24) is 4.90 Å². The van der Waals surface area contributed by atoms with Gasteiger partial charge in [-0.05, 0) is 37.6 Å². The topological polar surface area (TPSA) is 69.7 Å². The highest BCUT2D eigenvalue weighted by Gasteiger charge is 2.32. The van der Waals surface area contributed by atoms with Crippen LogP contribution in [-0.4, -0.2) is 40.9 Å². The molecule has 1 aliphatic rings. The molecular weight excluding hydrogens is 240 g/mol. The van der Waals surface area contributed by atoms with Crippen LogP contribution in [-0.2, 0) is 0 Å². The maximum Gasteiger partial charge on any atom is 0.0916 e. The third-order valence-electron chi connectivity index (χ3n) is 3.90. The lowest BCUT2D eigenvalue weighted by Crippen LogP contribution is -2.40. The number of likely N-dealkylation sites (N-methyl/N-ethyl adjacent to an activating group) is 1. The minimum Gasteiger partial charge on any atom is -0.399 e. The Morgan fingerprint density at radius 3 is 2.42 bits per heavy atom. The summed E-state index contributed by atoms with van der Waals surface area (Å²) in [6, 6.07) is 7.28. The fraction of sp³-hybridized carbons (Fsp3) is 0.600. The van der Waals surface area contributed by atoms with Crippen LogP contribution in [0.1, 0.15) is 37.4 Å². The number of aliphatic hydroxyl groups excluding tert-OH is 1. The Morgan fingerprint density at radius 2 is 1.84 bits per heavy atom. The lowest BCUT2D eigenvalue weighted by Gasteiger charge is -2.29. The summed E-state index contributed by atoms with van der Waals surface area (Å²) in [5, 5.41) is 20.5. The molecule has 0 amide bonds. The van der Waals surface area contributed by atoms with Gasteiger partial charge in [0, 0.05) is 18.8 Å². The van der Waals surface area contributed by atoms with Gasteiger partial charge >= 0.3 is 0 Å². The van der Waals surface area contributed by atoms with Crippen LogP contribution in [0, 0.1) is 0 Å². The van der Waals surface area contributed by atoms with E-state index in [0.29, 0.717) is 18.8 Å². The van der Waals surface area contributed by atoms with Crippen molar-refractivity contribution >= 4 is 5.69 Å². The van der Waals surface area contributed by atoms with Crippen molar-refractivity contribution in [2.24, 2.45) is 0 Å². The van der Waals surface area contributed by atoms with Crippen LogP contribution in [0.5, 0.6) is 0 Å². The zero-order valence-electron chi connectivity index (χ0n) is 11.5. The molecule has 1 atom stereocenters. The van der Waals surface area contributed by atoms with E-state index in [1.807, 2.05) is 24.1 Å². The van der Waals surface area contributed by atoms with E-state index < -0.39 is 11.7 Å². The Balaban J connectivity index is 1.87. The minimum absolute atomic E-state index is 0.520. The molecule has 0 aromatic heterocycles. The first-order valence-electron chi connectivity index (χ1n) is 6.93. The highest BCUT2D eigenvalue weighted by molar-refractivity contribution is 5.39. The molecule has 1 aliphatic carbocycles. The van der Waals surface area contributed by atoms with E-state index in [-0.39, 0.29) is 0 Å². The zero-order valence-corrected chi connectivity index (χ0v) is 11.5. The normalized spacial score (nSPS) is 19.8. The highest BCUT2D eigenvalue weighted by Crippen LogP contribution is 2.30. The first kappa shape index (κ1) is 14.3. The Kier molecular flexibility index (Phi) is 4.45. The number of hydrogen-bond acceptors (Lipinski definition) is 4. The molecule has 106 valence electrons. The van der Waals surface area contributed by atoms with Crippen molar-refractivity contribution < 1.29 is 10.2 Å². The molecule has 0 aliphatic heterocycles. The summed E-state index contributed by atoms with van der Waals surface area (Å²) in [5.41, 5.74) is 6.63. The van der Waals surface area contributed by atoms with Gasteiger partial charge in [0.1, 0.15) is 0 Å². The molecule has 0 bridgehead atoms. The lowest BCUT2D eigenvalue weighted by molar-refractivity contribution is 0.00483. The maximum absolute atomic E-state index is 10.3. The van der Waals surface area contributed by atoms with Gasteiger partial charge in [0.25, 0.3) is 0 Å². The quantitative estimate of drug-likeness (QED) is 0.706. The summed E-state index contributed by atoms with van der Waals surface area (Å²) < 4.78 is 0. The molecule has 0 spiro atoms. The standard InChI is InChI=1S/C15H24N2O2/c1-17(11-15(19)8-2-3-9-15)10-14(18)12-4-6-13(16)7-5-12/h4-7,14,18-19H,2-3,8-11,16H2,1H3. The largest absolute Gasteiger partial charge is 0.399 e. The third-order valence-corrected chi connectivity index (χ3v) is 3.90. The highest BCUT2D eigenvalue weighted by atomic mass is 16.3. The van der Waals surface area contributed by atoms with E-state index in [0.717, 1.165) is 31.2 Å². The molecular formula is C15H24N2O2. The number of nitrogen functional groups attached to an aromatic ring is 1. The molecule has 4 N–H and O–H groups in total. The minimum atomic E-state index is -0.560. The monoisotopic (exact) mass is 264 g/mol. The second kappa shape index (κ2) is 5.90. The smallest absolute Gasteiger partial charge is 0.0916 e. The van der Waals surface area contributed by atoms with Crippen molar-refractivity contribution in [3.05, 3.63) is 29.8 Å². The van der Waals surface area contributed by atoms with Gasteiger partial charge in [0.05, 0.1) is 11.7 Å². The number of aliphatic hydroxyl groups is 2. The summed E-state index contributed by atoms with van der Waals surface area (Å²) in [6.45, 7) is 1.14. The van der Waals surface area contributed by atoms with Crippen LogP contribution < -0.4 is 5.73 Å². The molecule has 1 aromatic rings. The fourth-order valence-electron chi connectivity index (χ4n) is 2.88. The van der Waals surface area contributed by atoms with Crippen LogP contribution in [0.15, 0.2) is 24.3 Å². The molecule has 1 fully saturated rings. The fourth-order valence-corrected chi connectivity index (χ4v) is 2.88. The molecule has 0 radical (unpaired) electrons. The summed E-state index contributed by atoms with van der Waals surface area (Å²) in [5.74, 6) is 0. The number of benzene rings is 1. The second-order valence-corrected chi connectivity index (χ2v) is 5.81. The van der Waals surface area contributed by atoms with Crippen molar-refractivity contribution in [3.63, 3.8) is 0 Å². The van der Waals surface area contributed by atoms with Gasteiger partial charge in [-0.15, -0.1) is 0 Å². The van der Waals surface area contributed by atoms with Crippen LogP contribution >= 0.6 is 0 Å². The van der Waals surface area contributed by atoms with Crippen molar-refractivity contribution in [1.29, 1.82) is 0 Å². The van der Waals surface area contributed by atoms with Crippen molar-refractivity contribution in [2.45, 2.75) is 37.4 Å². The molecule has 1 aromatic carbocycles. The Morgan fingerprint density at radius 1 is 1.26 bits per heavy atom. The predicted molar refractivity (Wildman–Crippen MR) is 76.7 cm³/mol. The van der Waals surface area contributed by atoms with E-state index in [9.17, 15) is 10.2 Å². The average Bonchev–Trinajstić information content (AvgIpc) is 2.76. The van der Waals surface area contributed by atoms with Crippen LogP contribution in [0.3, 0.4) is 0 Å². The summed E-state index contributed by atoms with van der Waals surface area (Å²) >= 11 is 0. The molecule has 1 unspecified atom stereocenters. The van der Waals surface area contributed by atoms with E-state index >= 15 is 0 Å². The van der Waals surface area contributed by atoms with Crippen LogP contribution in [0.25, 0.3) is 0 Å². The van der Waals surface area contributed by atoms with Crippen LogP contribution in [0.2, 0.25) is 0 Å². The van der Waals surface area contributed by atoms with E-state index in [1.54, 1.807) is 12.1 Å². The van der Waals surface area contributed by atoms with Crippen LogP contribution in [0.4, 0.5) is 5.69 Å². The second-order valence-electron chi connectivity index (χ2n) is 5.81. The van der Waals surface area contributed by atoms with Crippen molar-refractivity contribution in [3.8, 4) is 0 Å². The number of anilines is 1. The Bertz CT molecular complexity index is 399. The lowest BCUT2D eigenvalue weighted by atomic mass is 10.0. The number of rotatable bonds is 5. The van der Waals surface area contributed by atoms with E-state index in [1.165, 1.54) is 0 Å². The SMILES string of the molecule is CN(CC(O)c1ccc(N)cc1)CC1(O)CCCC1. The van der Waals surface area contributed by atoms with Crippen molar-refractivity contribution in [2.75, 3.05) is 25.9 Å². The zero-order chi connectivity index (χ0) is 13.9. The number of nitrogens with zero attached hydrogens (tertiary/aromatic N) is 1. The Labute approximate surface area is 114 Å². The molecule has 0 heterocycles. The third kappa shape index (κ3) is 3.93. The van der Waals surface area contributed by atoms with Gasteiger partial charge in [0.2, 0.25) is 0 Å². The van der Waals surface area contributed by atoms with Gasteiger partial charge in [-0.2, -0.15) is 0 Å². The first-order chi connectivity index (χ1) is 8.98. The van der Waals surface area contributed by atoms with Gasteiger partial charge < -0.3 is 20.8 Å². The Hall–Kier alpha value is -1.10. The maximum atomic E-state index is 10.3. The number of hydrogen-bond donors (Lipinski definition) is 3. The molecule has 0 saturated heterocycles. The van der Waals surface area contributed by atoms with E-state index in [4.69, 9.17) is 5.73 Å². The van der Waals surface area contributed by atoms with E-state index in [2.05, 4.69) is 0 Å². The summed E-state index contributed by atoms with van der Waals surface area (Å²) in [4.78, 5) is 2.01. The van der Waals surface area contributed by atoms with Gasteiger partial charge in [-0.3, -0.25) is 0 Å². The predicted octanol–water partition coefficient (Wildman–Crippen LogP) is 1.54. The van der Waals surface area contributed by atoms with Gasteiger partial charge in [-0.25, -0.2) is 0 Å². The number of nitrogens with two attached hydrogens (primary N) is 1. The average molecular weight is 264 g/mol. The molecule has 2 rings (SSSR count). The first-order valence-corrected chi connectivity index (χ1v) is 6.93. The molecule has 19 heavy (non-hydrogen) atoms. The van der Waals surface area contributed by atoms with Gasteiger partial charge in [0.15, 0.2) is 0 Å². The molecule has 4 heteroatoms. The molecule has 1 saturated carbocycles. The summed E-state index contributed by atoms with van der Waals surface area (Å²) in [7, 11) is 1.94.